The van der Waals surface area contributed by atoms with Gasteiger partial charge >= 0.3 is 0 Å². The summed E-state index contributed by atoms with van der Waals surface area (Å²) in [4.78, 5) is 1.27. The molecule has 2 nitrogen and oxygen atoms in total. The van der Waals surface area contributed by atoms with E-state index in [1.165, 1.54) is 10.4 Å². The standard InChI is InChI=1S/C12H14N2S/c1-2-14-11-8-9(5-6-10(11)13)12-4-3-7-15-12/h3-8,14H,2,13H2,1H3. The van der Waals surface area contributed by atoms with Crippen molar-refractivity contribution in [2.45, 2.75) is 6.92 Å². The van der Waals surface area contributed by atoms with Crippen LogP contribution in [-0.2, 0) is 0 Å². The number of nitrogens with one attached hydrogen (secondary N) is 1. The Balaban J connectivity index is 2.38. The first kappa shape index (κ1) is 10.1. The van der Waals surface area contributed by atoms with Crippen LogP contribution in [0.15, 0.2) is 35.7 Å². The van der Waals surface area contributed by atoms with Crippen molar-refractivity contribution in [3.8, 4) is 10.4 Å². The molecule has 3 heteroatoms. The second kappa shape index (κ2) is 4.36. The van der Waals surface area contributed by atoms with Gasteiger partial charge in [0.15, 0.2) is 0 Å². The summed E-state index contributed by atoms with van der Waals surface area (Å²) in [5.41, 5.74) is 8.91. The normalized spacial score (nSPS) is 10.2. The molecule has 0 unspecified atom stereocenters. The summed E-state index contributed by atoms with van der Waals surface area (Å²) in [6.45, 7) is 2.95. The van der Waals surface area contributed by atoms with E-state index in [1.54, 1.807) is 11.3 Å². The lowest BCUT2D eigenvalue weighted by atomic mass is 10.1. The number of hydrogen-bond acceptors (Lipinski definition) is 3. The van der Waals surface area contributed by atoms with Gasteiger partial charge in [-0.1, -0.05) is 12.1 Å². The Morgan fingerprint density at radius 1 is 1.33 bits per heavy atom. The minimum absolute atomic E-state index is 0.803. The summed E-state index contributed by atoms with van der Waals surface area (Å²) < 4.78 is 0. The van der Waals surface area contributed by atoms with Crippen LogP contribution in [0.5, 0.6) is 0 Å². The fraction of sp³-hybridized carbons (Fsp3) is 0.167. The monoisotopic (exact) mass is 218 g/mol. The lowest BCUT2D eigenvalue weighted by Crippen LogP contribution is -2.00. The van der Waals surface area contributed by atoms with Crippen LogP contribution >= 0.6 is 11.3 Å². The Kier molecular flexibility index (Phi) is 2.92. The molecule has 0 saturated carbocycles. The van der Waals surface area contributed by atoms with E-state index in [0.29, 0.717) is 0 Å². The van der Waals surface area contributed by atoms with Gasteiger partial charge in [-0.25, -0.2) is 0 Å². The fourth-order valence-corrected chi connectivity index (χ4v) is 2.22. The van der Waals surface area contributed by atoms with Gasteiger partial charge in [0.05, 0.1) is 11.4 Å². The summed E-state index contributed by atoms with van der Waals surface area (Å²) in [5, 5.41) is 5.34. The molecule has 0 aliphatic heterocycles. The summed E-state index contributed by atoms with van der Waals surface area (Å²) in [6.07, 6.45) is 0. The molecule has 0 spiro atoms. The van der Waals surface area contributed by atoms with Gasteiger partial charge in [-0.15, -0.1) is 11.3 Å². The molecular weight excluding hydrogens is 204 g/mol. The van der Waals surface area contributed by atoms with Crippen molar-refractivity contribution in [3.63, 3.8) is 0 Å². The molecule has 0 atom stereocenters. The Labute approximate surface area is 93.7 Å². The highest BCUT2D eigenvalue weighted by molar-refractivity contribution is 7.13. The number of anilines is 2. The SMILES string of the molecule is CCNc1cc(-c2cccs2)ccc1N. The van der Waals surface area contributed by atoms with Crippen LogP contribution in [0.25, 0.3) is 10.4 Å². The third-order valence-corrected chi connectivity index (χ3v) is 3.15. The molecule has 78 valence electrons. The third-order valence-electron chi connectivity index (χ3n) is 2.23. The van der Waals surface area contributed by atoms with Crippen molar-refractivity contribution in [1.29, 1.82) is 0 Å². The van der Waals surface area contributed by atoms with E-state index in [9.17, 15) is 0 Å². The highest BCUT2D eigenvalue weighted by atomic mass is 32.1. The minimum atomic E-state index is 0.803. The molecule has 1 aromatic heterocycles. The number of nitrogens with two attached hydrogens (primary N) is 1. The van der Waals surface area contributed by atoms with Gasteiger partial charge in [0, 0.05) is 11.4 Å². The molecule has 15 heavy (non-hydrogen) atoms. The summed E-state index contributed by atoms with van der Waals surface area (Å²) in [6, 6.07) is 10.3. The largest absolute Gasteiger partial charge is 0.397 e. The molecular formula is C12H14N2S. The van der Waals surface area contributed by atoms with Crippen molar-refractivity contribution < 1.29 is 0 Å². The zero-order valence-corrected chi connectivity index (χ0v) is 9.47. The highest BCUT2D eigenvalue weighted by Crippen LogP contribution is 2.29. The average molecular weight is 218 g/mol. The molecule has 2 aromatic rings. The van der Waals surface area contributed by atoms with E-state index in [-0.39, 0.29) is 0 Å². The zero-order valence-electron chi connectivity index (χ0n) is 8.66. The Hall–Kier alpha value is -1.48. The average Bonchev–Trinajstić information content (AvgIpc) is 2.75. The van der Waals surface area contributed by atoms with Crippen molar-refractivity contribution >= 4 is 22.7 Å². The second-order valence-electron chi connectivity index (χ2n) is 3.31. The molecule has 2 rings (SSSR count). The maximum atomic E-state index is 5.87. The van der Waals surface area contributed by atoms with Crippen LogP contribution in [0.2, 0.25) is 0 Å². The molecule has 3 N–H and O–H groups in total. The molecule has 0 saturated heterocycles. The summed E-state index contributed by atoms with van der Waals surface area (Å²) in [5.74, 6) is 0. The van der Waals surface area contributed by atoms with E-state index < -0.39 is 0 Å². The van der Waals surface area contributed by atoms with Gasteiger partial charge < -0.3 is 11.1 Å². The first-order chi connectivity index (χ1) is 7.31. The predicted octanol–water partition coefficient (Wildman–Crippen LogP) is 3.43. The number of benzene rings is 1. The summed E-state index contributed by atoms with van der Waals surface area (Å²) >= 11 is 1.74. The Morgan fingerprint density at radius 3 is 2.87 bits per heavy atom. The van der Waals surface area contributed by atoms with Crippen LogP contribution in [0.3, 0.4) is 0 Å². The highest BCUT2D eigenvalue weighted by Gasteiger charge is 2.02. The van der Waals surface area contributed by atoms with Crippen LogP contribution in [0, 0.1) is 0 Å². The Morgan fingerprint density at radius 2 is 2.20 bits per heavy atom. The zero-order chi connectivity index (χ0) is 10.7. The number of hydrogen-bond donors (Lipinski definition) is 2. The van der Waals surface area contributed by atoms with Crippen molar-refractivity contribution in [1.82, 2.24) is 0 Å². The predicted molar refractivity (Wildman–Crippen MR) is 68.3 cm³/mol. The number of rotatable bonds is 3. The lowest BCUT2D eigenvalue weighted by molar-refractivity contribution is 1.21. The lowest BCUT2D eigenvalue weighted by Gasteiger charge is -2.08. The molecule has 1 heterocycles. The van der Waals surface area contributed by atoms with Crippen molar-refractivity contribution in [2.75, 3.05) is 17.6 Å². The van der Waals surface area contributed by atoms with Gasteiger partial charge in [-0.2, -0.15) is 0 Å². The molecule has 0 amide bonds. The summed E-state index contributed by atoms with van der Waals surface area (Å²) in [7, 11) is 0. The fourth-order valence-electron chi connectivity index (χ4n) is 1.50. The molecule has 0 fully saturated rings. The van der Waals surface area contributed by atoms with Crippen LogP contribution in [0.1, 0.15) is 6.92 Å². The molecule has 1 aromatic carbocycles. The van der Waals surface area contributed by atoms with E-state index >= 15 is 0 Å². The third kappa shape index (κ3) is 2.13. The van der Waals surface area contributed by atoms with Gasteiger partial charge in [0.1, 0.15) is 0 Å². The maximum Gasteiger partial charge on any atom is 0.0580 e. The quantitative estimate of drug-likeness (QED) is 0.775. The van der Waals surface area contributed by atoms with Gasteiger partial charge in [0.2, 0.25) is 0 Å². The smallest absolute Gasteiger partial charge is 0.0580 e. The Bertz CT molecular complexity index is 435. The topological polar surface area (TPSA) is 38.0 Å². The molecule has 0 radical (unpaired) electrons. The first-order valence-corrected chi connectivity index (χ1v) is 5.86. The van der Waals surface area contributed by atoms with E-state index in [1.807, 2.05) is 6.07 Å². The van der Waals surface area contributed by atoms with Crippen LogP contribution in [0.4, 0.5) is 11.4 Å². The van der Waals surface area contributed by atoms with E-state index in [0.717, 1.165) is 17.9 Å². The maximum absolute atomic E-state index is 5.87. The van der Waals surface area contributed by atoms with Gasteiger partial charge in [-0.3, -0.25) is 0 Å². The first-order valence-electron chi connectivity index (χ1n) is 4.98. The van der Waals surface area contributed by atoms with Gasteiger partial charge in [-0.05, 0) is 36.1 Å². The number of nitrogen functional groups attached to an aromatic ring is 1. The van der Waals surface area contributed by atoms with E-state index in [4.69, 9.17) is 5.73 Å². The number of thiophene rings is 1. The molecule has 0 aliphatic rings. The molecule has 0 aliphatic carbocycles. The van der Waals surface area contributed by atoms with E-state index in [2.05, 4.69) is 41.9 Å². The minimum Gasteiger partial charge on any atom is -0.397 e. The van der Waals surface area contributed by atoms with Crippen LogP contribution in [-0.4, -0.2) is 6.54 Å². The van der Waals surface area contributed by atoms with Gasteiger partial charge in [0.25, 0.3) is 0 Å². The van der Waals surface area contributed by atoms with Crippen LogP contribution < -0.4 is 11.1 Å². The van der Waals surface area contributed by atoms with Crippen molar-refractivity contribution in [3.05, 3.63) is 35.7 Å². The molecule has 0 bridgehead atoms. The second-order valence-corrected chi connectivity index (χ2v) is 4.26. The van der Waals surface area contributed by atoms with Crippen molar-refractivity contribution in [2.24, 2.45) is 0 Å².